The standard InChI is InChI=1S/C18H18O4/c1-3-5-11-7-14(18(22)17(21)8-11)13-10-16(20)15(19)9-12(13)6-4-2/h3-4,7-10,19-22H,1-2,5-6H2. The maximum absolute atomic E-state index is 10.2. The highest BCUT2D eigenvalue weighted by Gasteiger charge is 2.16. The molecule has 2 aromatic carbocycles. The molecular formula is C18H18O4. The van der Waals surface area contributed by atoms with E-state index in [0.717, 1.165) is 5.56 Å². The van der Waals surface area contributed by atoms with E-state index in [-0.39, 0.29) is 23.0 Å². The summed E-state index contributed by atoms with van der Waals surface area (Å²) >= 11 is 0. The monoisotopic (exact) mass is 298 g/mol. The Kier molecular flexibility index (Phi) is 4.41. The molecule has 0 aliphatic carbocycles. The zero-order chi connectivity index (χ0) is 16.3. The third kappa shape index (κ3) is 2.91. The average Bonchev–Trinajstić information content (AvgIpc) is 2.47. The molecule has 0 unspecified atom stereocenters. The van der Waals surface area contributed by atoms with Crippen LogP contribution in [0.15, 0.2) is 49.6 Å². The van der Waals surface area contributed by atoms with Crippen LogP contribution in [0.4, 0.5) is 0 Å². The molecule has 0 radical (unpaired) electrons. The van der Waals surface area contributed by atoms with Crippen molar-refractivity contribution in [2.75, 3.05) is 0 Å². The van der Waals surface area contributed by atoms with Crippen LogP contribution >= 0.6 is 0 Å². The van der Waals surface area contributed by atoms with Crippen molar-refractivity contribution in [1.82, 2.24) is 0 Å². The SMILES string of the molecule is C=CCc1cc(O)c(O)c(-c2cc(O)c(O)cc2CC=C)c1. The van der Waals surface area contributed by atoms with E-state index in [2.05, 4.69) is 13.2 Å². The summed E-state index contributed by atoms with van der Waals surface area (Å²) in [5, 5.41) is 39.5. The molecule has 22 heavy (non-hydrogen) atoms. The van der Waals surface area contributed by atoms with Crippen molar-refractivity contribution >= 4 is 0 Å². The zero-order valence-electron chi connectivity index (χ0n) is 12.1. The van der Waals surface area contributed by atoms with Crippen LogP contribution in [-0.4, -0.2) is 20.4 Å². The van der Waals surface area contributed by atoms with Crippen molar-refractivity contribution in [3.8, 4) is 34.1 Å². The first-order valence-corrected chi connectivity index (χ1v) is 6.79. The smallest absolute Gasteiger partial charge is 0.165 e. The fourth-order valence-electron chi connectivity index (χ4n) is 2.36. The molecule has 0 saturated heterocycles. The molecule has 0 bridgehead atoms. The second-order valence-electron chi connectivity index (χ2n) is 4.99. The minimum absolute atomic E-state index is 0.244. The molecule has 0 amide bonds. The number of phenols is 4. The van der Waals surface area contributed by atoms with E-state index in [1.165, 1.54) is 18.2 Å². The third-order valence-corrected chi connectivity index (χ3v) is 3.38. The van der Waals surface area contributed by atoms with Gasteiger partial charge in [0, 0.05) is 5.56 Å². The Labute approximate surface area is 128 Å². The van der Waals surface area contributed by atoms with Crippen molar-refractivity contribution in [2.24, 2.45) is 0 Å². The van der Waals surface area contributed by atoms with Crippen molar-refractivity contribution in [3.05, 3.63) is 60.7 Å². The van der Waals surface area contributed by atoms with E-state index < -0.39 is 0 Å². The second kappa shape index (κ2) is 6.26. The Hall–Kier alpha value is -2.88. The molecule has 0 aliphatic rings. The molecule has 4 heteroatoms. The molecule has 0 saturated carbocycles. The summed E-state index contributed by atoms with van der Waals surface area (Å²) in [6.07, 6.45) is 4.31. The first-order chi connectivity index (χ1) is 10.5. The van der Waals surface area contributed by atoms with Gasteiger partial charge in [0.25, 0.3) is 0 Å². The summed E-state index contributed by atoms with van der Waals surface area (Å²) < 4.78 is 0. The van der Waals surface area contributed by atoms with Crippen LogP contribution in [0, 0.1) is 0 Å². The van der Waals surface area contributed by atoms with Gasteiger partial charge in [-0.25, -0.2) is 0 Å². The lowest BCUT2D eigenvalue weighted by molar-refractivity contribution is 0.402. The maximum Gasteiger partial charge on any atom is 0.165 e. The van der Waals surface area contributed by atoms with Crippen LogP contribution < -0.4 is 0 Å². The van der Waals surface area contributed by atoms with Gasteiger partial charge in [0.15, 0.2) is 23.0 Å². The number of hydrogen-bond acceptors (Lipinski definition) is 4. The Balaban J connectivity index is 2.71. The molecule has 4 N–H and O–H groups in total. The first-order valence-electron chi connectivity index (χ1n) is 6.79. The zero-order valence-corrected chi connectivity index (χ0v) is 12.1. The van der Waals surface area contributed by atoms with Crippen molar-refractivity contribution < 1.29 is 20.4 Å². The fraction of sp³-hybridized carbons (Fsp3) is 0.111. The van der Waals surface area contributed by atoms with Gasteiger partial charge in [-0.05, 0) is 53.8 Å². The van der Waals surface area contributed by atoms with Crippen molar-refractivity contribution in [2.45, 2.75) is 12.8 Å². The number of benzene rings is 2. The lowest BCUT2D eigenvalue weighted by Crippen LogP contribution is -1.92. The predicted octanol–water partition coefficient (Wildman–Crippen LogP) is 3.63. The number of hydrogen-bond donors (Lipinski definition) is 4. The van der Waals surface area contributed by atoms with Crippen LogP contribution in [0.5, 0.6) is 23.0 Å². The van der Waals surface area contributed by atoms with Crippen LogP contribution in [0.3, 0.4) is 0 Å². The van der Waals surface area contributed by atoms with Gasteiger partial charge < -0.3 is 20.4 Å². The Morgan fingerprint density at radius 2 is 1.36 bits per heavy atom. The number of allylic oxidation sites excluding steroid dienone is 2. The van der Waals surface area contributed by atoms with Gasteiger partial charge in [0.1, 0.15) is 0 Å². The minimum Gasteiger partial charge on any atom is -0.504 e. The molecule has 0 aliphatic heterocycles. The van der Waals surface area contributed by atoms with Gasteiger partial charge >= 0.3 is 0 Å². The Bertz CT molecular complexity index is 732. The molecule has 0 fully saturated rings. The third-order valence-electron chi connectivity index (χ3n) is 3.38. The van der Waals surface area contributed by atoms with Crippen LogP contribution in [0.1, 0.15) is 11.1 Å². The summed E-state index contributed by atoms with van der Waals surface area (Å²) in [6.45, 7) is 7.31. The quantitative estimate of drug-likeness (QED) is 0.502. The van der Waals surface area contributed by atoms with E-state index in [1.807, 2.05) is 0 Å². The molecule has 0 atom stereocenters. The summed E-state index contributed by atoms with van der Waals surface area (Å²) in [5.41, 5.74) is 2.35. The van der Waals surface area contributed by atoms with Crippen LogP contribution in [-0.2, 0) is 12.8 Å². The molecule has 0 spiro atoms. The maximum atomic E-state index is 10.2. The number of phenolic OH excluding ortho intramolecular Hbond substituents is 4. The topological polar surface area (TPSA) is 80.9 Å². The van der Waals surface area contributed by atoms with Gasteiger partial charge in [0.05, 0.1) is 0 Å². The van der Waals surface area contributed by atoms with Gasteiger partial charge in [-0.15, -0.1) is 13.2 Å². The molecule has 2 rings (SSSR count). The largest absolute Gasteiger partial charge is 0.504 e. The Morgan fingerprint density at radius 1 is 0.727 bits per heavy atom. The van der Waals surface area contributed by atoms with Gasteiger partial charge in [-0.2, -0.15) is 0 Å². The summed E-state index contributed by atoms with van der Waals surface area (Å²) in [7, 11) is 0. The highest BCUT2D eigenvalue weighted by molar-refractivity contribution is 5.78. The number of rotatable bonds is 5. The predicted molar refractivity (Wildman–Crippen MR) is 86.3 cm³/mol. The first kappa shape index (κ1) is 15.5. The van der Waals surface area contributed by atoms with E-state index >= 15 is 0 Å². The summed E-state index contributed by atoms with van der Waals surface area (Å²) in [6, 6.07) is 5.96. The molecule has 0 aromatic heterocycles. The van der Waals surface area contributed by atoms with Gasteiger partial charge in [-0.1, -0.05) is 12.2 Å². The summed E-state index contributed by atoms with van der Waals surface area (Å²) in [5.74, 6) is -1.06. The summed E-state index contributed by atoms with van der Waals surface area (Å²) in [4.78, 5) is 0. The normalized spacial score (nSPS) is 10.4. The van der Waals surface area contributed by atoms with E-state index in [4.69, 9.17) is 0 Å². The van der Waals surface area contributed by atoms with Gasteiger partial charge in [-0.3, -0.25) is 0 Å². The molecule has 2 aromatic rings. The van der Waals surface area contributed by atoms with Crippen LogP contribution in [0.2, 0.25) is 0 Å². The highest BCUT2D eigenvalue weighted by atomic mass is 16.3. The van der Waals surface area contributed by atoms with Crippen LogP contribution in [0.25, 0.3) is 11.1 Å². The average molecular weight is 298 g/mol. The van der Waals surface area contributed by atoms with Gasteiger partial charge in [0.2, 0.25) is 0 Å². The molecule has 4 nitrogen and oxygen atoms in total. The van der Waals surface area contributed by atoms with E-state index in [0.29, 0.717) is 29.5 Å². The molecular weight excluding hydrogens is 280 g/mol. The Morgan fingerprint density at radius 3 is 2.00 bits per heavy atom. The molecule has 114 valence electrons. The fourth-order valence-corrected chi connectivity index (χ4v) is 2.36. The molecule has 0 heterocycles. The van der Waals surface area contributed by atoms with Crippen molar-refractivity contribution in [3.63, 3.8) is 0 Å². The van der Waals surface area contributed by atoms with Crippen molar-refractivity contribution in [1.29, 1.82) is 0 Å². The number of aromatic hydroxyl groups is 4. The lowest BCUT2D eigenvalue weighted by atomic mass is 9.94. The minimum atomic E-state index is -0.296. The van der Waals surface area contributed by atoms with E-state index in [1.54, 1.807) is 18.2 Å². The van der Waals surface area contributed by atoms with E-state index in [9.17, 15) is 20.4 Å². The lowest BCUT2D eigenvalue weighted by Gasteiger charge is -2.14. The highest BCUT2D eigenvalue weighted by Crippen LogP contribution is 2.42. The second-order valence-corrected chi connectivity index (χ2v) is 4.99.